The van der Waals surface area contributed by atoms with E-state index in [-0.39, 0.29) is 62.5 Å². The molecular weight excluding hydrogens is 1270 g/mol. The number of H-pyrrole nitrogens is 2. The van der Waals surface area contributed by atoms with E-state index in [0.29, 0.717) is 81.1 Å². The Morgan fingerprint density at radius 2 is 1.34 bits per heavy atom. The lowest BCUT2D eigenvalue weighted by Crippen LogP contribution is -2.60. The van der Waals surface area contributed by atoms with Crippen LogP contribution in [0.5, 0.6) is 5.75 Å². The van der Waals surface area contributed by atoms with Crippen molar-refractivity contribution >= 4 is 99.1 Å². The molecule has 10 rings (SSSR count). The summed E-state index contributed by atoms with van der Waals surface area (Å²) in [5.74, 6) is -9.36. The van der Waals surface area contributed by atoms with Crippen LogP contribution in [-0.2, 0) is 85.1 Å². The van der Waals surface area contributed by atoms with Crippen molar-refractivity contribution in [2.45, 2.75) is 130 Å². The average Bonchev–Trinajstić information content (AvgIpc) is 1.74. The number of imidazole rings is 1. The van der Waals surface area contributed by atoms with Gasteiger partial charge in [-0.3, -0.25) is 47.9 Å². The molecule has 502 valence electrons. The van der Waals surface area contributed by atoms with E-state index in [1.54, 1.807) is 12.1 Å². The number of carboxylic acid groups (broad SMARTS) is 1. The van der Waals surface area contributed by atoms with Crippen LogP contribution in [0.25, 0.3) is 16.5 Å². The molecule has 1 fully saturated rings. The predicted octanol–water partition coefficient (Wildman–Crippen LogP) is 2.59. The molecule has 0 unspecified atom stereocenters. The zero-order valence-corrected chi connectivity index (χ0v) is 53.3. The number of aromatic hydroxyl groups is 1. The first-order valence-electron chi connectivity index (χ1n) is 31.0. The topological polar surface area (TPSA) is 395 Å². The molecule has 0 radical (unpaired) electrons. The molecule has 8 atom stereocenters. The number of phenols is 1. The number of rotatable bonds is 15. The number of allylic oxidation sites excluding steroid dienone is 1. The lowest BCUT2D eigenvalue weighted by molar-refractivity contribution is -0.142. The number of carbonyl (C=O) groups excluding carboxylic acids is 9. The zero-order chi connectivity index (χ0) is 67.7. The van der Waals surface area contributed by atoms with Crippen molar-refractivity contribution in [3.05, 3.63) is 160 Å². The summed E-state index contributed by atoms with van der Waals surface area (Å²) in [5, 5.41) is 38.8. The molecule has 5 heterocycles. The van der Waals surface area contributed by atoms with Gasteiger partial charge in [-0.05, 0) is 120 Å². The number of nitrogens with two attached hydrogens (primary N) is 2. The number of hydrogen-bond acceptors (Lipinski definition) is 15. The highest BCUT2D eigenvalue weighted by atomic mass is 32.2. The Bertz CT molecular complexity index is 3820. The number of thioether (sulfide) groups is 2. The molecule has 25 nitrogen and oxygen atoms in total. The molecule has 1 aliphatic carbocycles. The summed E-state index contributed by atoms with van der Waals surface area (Å²) >= 11 is 3.00. The van der Waals surface area contributed by atoms with Crippen LogP contribution in [0.15, 0.2) is 110 Å². The number of carbonyl (C=O) groups is 10. The fraction of sp³-hybridized carbons (Fsp3) is 0.379. The Morgan fingerprint density at radius 1 is 0.684 bits per heavy atom. The summed E-state index contributed by atoms with van der Waals surface area (Å²) in [6.45, 7) is -0.347. The second-order valence-electron chi connectivity index (χ2n) is 23.6. The maximum Gasteiger partial charge on any atom is 0.305 e. The standard InChI is InChI=1S/C66H75F2N13O12S2/c67-42-13-12-39-10-11-40(47(39)24-42)22-52-63(90)79-54(28-59(85)86)65(92)78-53(26-44-30-71-35-74-44)64(91)80-55(21-36-8-15-45(82)16-9-36)66(93)81-32-46(27-56(81)60(70)87)95-34-38-6-4-37(5-7-38)33-94-20-18-57(83)75-50(3-1-2-19-69)61(88)73-31-58(84)76-51(62(89)77-52)23-41-29-72-49-17-14-43(68)25-48(41)49/h4-9,11-17,24-25,29-30,35,46,50-56,72,82H,1-3,10,18-23,26-28,31-34,69H2,(H2,70,87)(H,71,74)(H,73,88)(H,75,83)(H,76,84)(H,77,89)(H,78,92)(H,79,90)(H,80,91)(H,85,86)/t46-,50-,51-,52-,53-,54-,55-,56-/m0/s1. The van der Waals surface area contributed by atoms with Crippen LogP contribution in [0.2, 0.25) is 0 Å². The first-order chi connectivity index (χ1) is 45.7. The minimum Gasteiger partial charge on any atom is -0.508 e. The van der Waals surface area contributed by atoms with E-state index in [0.717, 1.165) is 11.1 Å². The molecule has 9 amide bonds. The molecular formula is C66H75F2N13O12S2. The van der Waals surface area contributed by atoms with E-state index in [4.69, 9.17) is 11.5 Å². The molecule has 4 bridgehead atoms. The van der Waals surface area contributed by atoms with Crippen molar-refractivity contribution in [3.63, 3.8) is 0 Å². The van der Waals surface area contributed by atoms with Gasteiger partial charge in [0, 0.05) is 90.1 Å². The summed E-state index contributed by atoms with van der Waals surface area (Å²) in [4.78, 5) is 153. The number of unbranched alkanes of at least 4 members (excludes halogenated alkanes) is 1. The number of nitrogens with one attached hydrogen (secondary N) is 9. The molecule has 4 aromatic carbocycles. The molecule has 6 aromatic rings. The molecule has 1 saturated heterocycles. The number of primary amides is 1. The summed E-state index contributed by atoms with van der Waals surface area (Å²) < 4.78 is 29.8. The number of carboxylic acids is 1. The third kappa shape index (κ3) is 19.5. The highest BCUT2D eigenvalue weighted by molar-refractivity contribution is 7.99. The van der Waals surface area contributed by atoms with E-state index in [9.17, 15) is 62.1 Å². The van der Waals surface area contributed by atoms with Crippen molar-refractivity contribution < 1.29 is 66.9 Å². The van der Waals surface area contributed by atoms with Crippen LogP contribution in [0.3, 0.4) is 0 Å². The number of fused-ring (bicyclic) bond motifs is 30. The minimum absolute atomic E-state index is 0.0474. The summed E-state index contributed by atoms with van der Waals surface area (Å²) in [6, 6.07) is 10.9. The zero-order valence-electron chi connectivity index (χ0n) is 51.6. The Morgan fingerprint density at radius 3 is 2.03 bits per heavy atom. The third-order valence-electron chi connectivity index (χ3n) is 16.6. The highest BCUT2D eigenvalue weighted by Crippen LogP contribution is 2.33. The second-order valence-corrected chi connectivity index (χ2v) is 26.0. The van der Waals surface area contributed by atoms with Gasteiger partial charge in [0.2, 0.25) is 53.2 Å². The quantitative estimate of drug-likeness (QED) is 0.0519. The van der Waals surface area contributed by atoms with Gasteiger partial charge >= 0.3 is 5.97 Å². The van der Waals surface area contributed by atoms with Crippen LogP contribution in [-0.4, -0.2) is 162 Å². The van der Waals surface area contributed by atoms with Crippen molar-refractivity contribution in [1.29, 1.82) is 0 Å². The third-order valence-corrected chi connectivity index (χ3v) is 19.0. The highest BCUT2D eigenvalue weighted by Gasteiger charge is 2.43. The molecule has 95 heavy (non-hydrogen) atoms. The van der Waals surface area contributed by atoms with Gasteiger partial charge in [0.15, 0.2) is 0 Å². The van der Waals surface area contributed by atoms with Gasteiger partial charge in [-0.1, -0.05) is 48.5 Å². The Balaban J connectivity index is 1.05. The molecule has 29 heteroatoms. The van der Waals surface area contributed by atoms with E-state index in [1.807, 2.05) is 24.3 Å². The number of halogens is 2. The fourth-order valence-corrected chi connectivity index (χ4v) is 13.7. The lowest BCUT2D eigenvalue weighted by Gasteiger charge is -2.30. The van der Waals surface area contributed by atoms with E-state index >= 15 is 4.79 Å². The van der Waals surface area contributed by atoms with Crippen LogP contribution in [0.4, 0.5) is 8.78 Å². The van der Waals surface area contributed by atoms with E-state index in [1.165, 1.54) is 102 Å². The first kappa shape index (κ1) is 69.7. The van der Waals surface area contributed by atoms with E-state index < -0.39 is 132 Å². The van der Waals surface area contributed by atoms with Gasteiger partial charge in [-0.25, -0.2) is 13.8 Å². The monoisotopic (exact) mass is 1340 g/mol. The number of phenolic OH excluding ortho intramolecular Hbond substituents is 1. The van der Waals surface area contributed by atoms with Gasteiger partial charge in [0.05, 0.1) is 19.3 Å². The van der Waals surface area contributed by atoms with Crippen LogP contribution >= 0.6 is 23.5 Å². The second kappa shape index (κ2) is 33.0. The van der Waals surface area contributed by atoms with E-state index in [2.05, 4.69) is 52.2 Å². The SMILES string of the molecule is NCCCC[C@@H]1NC(=O)CCSCc2ccc(cc2)CS[C@H]2C[C@@H](C(N)=O)N(C2)C(=O)[C@H](Cc2ccc(O)cc2)NC(=O)[C@H](Cc2cnc[nH]2)NC(=O)[C@H](CC(=O)O)NC(=O)[C@H](CC2=CCc3ccc(F)cc32)NC(=O)[C@H](Cc2c[nH]c3ccc(F)cc23)NC(=O)CNC1=O. The molecule has 15 N–H and O–H groups in total. The number of benzene rings is 4. The number of hydrogen-bond donors (Lipinski definition) is 13. The van der Waals surface area contributed by atoms with Crippen LogP contribution in [0.1, 0.15) is 84.0 Å². The Labute approximate surface area is 553 Å². The van der Waals surface area contributed by atoms with Gasteiger partial charge < -0.3 is 73.8 Å². The molecule has 0 spiro atoms. The molecule has 4 aliphatic rings. The van der Waals surface area contributed by atoms with Gasteiger partial charge in [0.25, 0.3) is 0 Å². The largest absolute Gasteiger partial charge is 0.508 e. The number of nitrogens with zero attached hydrogens (tertiary/aromatic N) is 2. The van der Waals surface area contributed by atoms with Crippen molar-refractivity contribution in [1.82, 2.24) is 57.1 Å². The maximum atomic E-state index is 15.0. The van der Waals surface area contributed by atoms with Crippen molar-refractivity contribution in [2.24, 2.45) is 11.5 Å². The number of aliphatic carboxylic acids is 1. The van der Waals surface area contributed by atoms with Gasteiger partial charge in [-0.2, -0.15) is 23.5 Å². The van der Waals surface area contributed by atoms with Gasteiger partial charge in [0.1, 0.15) is 59.7 Å². The minimum atomic E-state index is -2.00. The summed E-state index contributed by atoms with van der Waals surface area (Å²) in [5.41, 5.74) is 16.6. The molecule has 3 aliphatic heterocycles. The van der Waals surface area contributed by atoms with Gasteiger partial charge in [-0.15, -0.1) is 0 Å². The Hall–Kier alpha value is -9.61. The number of aromatic amines is 2. The molecule has 2 aromatic heterocycles. The smallest absolute Gasteiger partial charge is 0.305 e. The Kier molecular flexibility index (Phi) is 24.2. The molecule has 0 saturated carbocycles. The number of amides is 9. The normalized spacial score (nSPS) is 22.6. The van der Waals surface area contributed by atoms with Crippen molar-refractivity contribution in [2.75, 3.05) is 25.4 Å². The average molecular weight is 1340 g/mol. The maximum absolute atomic E-state index is 15.0. The summed E-state index contributed by atoms with van der Waals surface area (Å²) in [7, 11) is 0. The fourth-order valence-electron chi connectivity index (χ4n) is 11.6. The van der Waals surface area contributed by atoms with Crippen molar-refractivity contribution in [3.8, 4) is 5.75 Å². The van der Waals surface area contributed by atoms with Crippen LogP contribution in [0, 0.1) is 11.6 Å². The number of aromatic nitrogens is 3. The summed E-state index contributed by atoms with van der Waals surface area (Å²) in [6.07, 6.45) is 5.13. The lowest BCUT2D eigenvalue weighted by atomic mass is 9.97. The predicted molar refractivity (Wildman–Crippen MR) is 350 cm³/mol. The first-order valence-corrected chi connectivity index (χ1v) is 33.2. The van der Waals surface area contributed by atoms with Crippen LogP contribution < -0.4 is 48.7 Å².